The minimum atomic E-state index is -0.278. The second-order valence-corrected chi connectivity index (χ2v) is 3.66. The van der Waals surface area contributed by atoms with E-state index in [1.54, 1.807) is 0 Å². The van der Waals surface area contributed by atoms with Gasteiger partial charge in [-0.15, -0.1) is 0 Å². The molecular weight excluding hydrogens is 222 g/mol. The standard InChI is InChI=1S/C11H19N3O3/c1-4-14-9(2)12-11(13-14)5-6-16-7-8-17-10(3)15/h4-8H2,1-3H3/p+1. The summed E-state index contributed by atoms with van der Waals surface area (Å²) in [6.45, 7) is 7.59. The summed E-state index contributed by atoms with van der Waals surface area (Å²) in [6.07, 6.45) is 0.730. The van der Waals surface area contributed by atoms with Gasteiger partial charge in [-0.1, -0.05) is 0 Å². The van der Waals surface area contributed by atoms with E-state index in [0.29, 0.717) is 19.8 Å². The SMILES string of the molecule is CC[n+]1[nH]c(CCOCCOC(C)=O)nc1C. The minimum Gasteiger partial charge on any atom is -0.463 e. The van der Waals surface area contributed by atoms with E-state index in [1.807, 2.05) is 11.6 Å². The highest BCUT2D eigenvalue weighted by molar-refractivity contribution is 5.65. The summed E-state index contributed by atoms with van der Waals surface area (Å²) in [4.78, 5) is 14.8. The molecule has 0 unspecified atom stereocenters. The number of aromatic amines is 1. The number of H-pyrrole nitrogens is 1. The lowest BCUT2D eigenvalue weighted by molar-refractivity contribution is -0.754. The van der Waals surface area contributed by atoms with Crippen LogP contribution in [-0.4, -0.2) is 35.9 Å². The van der Waals surface area contributed by atoms with Gasteiger partial charge in [0.25, 0.3) is 5.82 Å². The zero-order valence-electron chi connectivity index (χ0n) is 10.7. The number of aromatic nitrogens is 3. The van der Waals surface area contributed by atoms with Gasteiger partial charge in [-0.25, -0.2) is 0 Å². The summed E-state index contributed by atoms with van der Waals surface area (Å²) in [7, 11) is 0. The van der Waals surface area contributed by atoms with Gasteiger partial charge in [-0.3, -0.25) is 4.79 Å². The molecule has 0 saturated carbocycles. The van der Waals surface area contributed by atoms with Crippen LogP contribution in [0.15, 0.2) is 0 Å². The molecule has 6 heteroatoms. The molecule has 1 aromatic rings. The molecule has 1 rings (SSSR count). The molecule has 1 heterocycles. The Balaban J connectivity index is 2.15. The number of esters is 1. The average Bonchev–Trinajstić information content (AvgIpc) is 2.63. The largest absolute Gasteiger partial charge is 0.463 e. The highest BCUT2D eigenvalue weighted by Gasteiger charge is 2.12. The van der Waals surface area contributed by atoms with Crippen molar-refractivity contribution in [2.24, 2.45) is 0 Å². The van der Waals surface area contributed by atoms with Crippen molar-refractivity contribution in [2.75, 3.05) is 19.8 Å². The van der Waals surface area contributed by atoms with Gasteiger partial charge in [0.05, 0.1) is 19.6 Å². The first kappa shape index (κ1) is 13.6. The first-order valence-corrected chi connectivity index (χ1v) is 5.80. The number of carbonyl (C=O) groups is 1. The van der Waals surface area contributed by atoms with Crippen LogP contribution in [-0.2, 0) is 27.2 Å². The van der Waals surface area contributed by atoms with Gasteiger partial charge in [0, 0.05) is 13.8 Å². The van der Waals surface area contributed by atoms with E-state index in [2.05, 4.69) is 17.0 Å². The predicted molar refractivity (Wildman–Crippen MR) is 60.3 cm³/mol. The van der Waals surface area contributed by atoms with Crippen LogP contribution in [0.3, 0.4) is 0 Å². The Labute approximate surface area is 101 Å². The van der Waals surface area contributed by atoms with E-state index in [4.69, 9.17) is 9.47 Å². The lowest BCUT2D eigenvalue weighted by Gasteiger charge is -2.01. The fraction of sp³-hybridized carbons (Fsp3) is 0.727. The van der Waals surface area contributed by atoms with Crippen LogP contribution in [0.1, 0.15) is 25.5 Å². The average molecular weight is 242 g/mol. The van der Waals surface area contributed by atoms with Gasteiger partial charge in [-0.2, -0.15) is 9.78 Å². The zero-order valence-corrected chi connectivity index (χ0v) is 10.7. The molecule has 96 valence electrons. The second kappa shape index (κ2) is 7.01. The molecule has 17 heavy (non-hydrogen) atoms. The van der Waals surface area contributed by atoms with Crippen LogP contribution in [0.25, 0.3) is 0 Å². The number of hydrogen-bond donors (Lipinski definition) is 1. The van der Waals surface area contributed by atoms with E-state index in [-0.39, 0.29) is 5.97 Å². The number of hydrogen-bond acceptors (Lipinski definition) is 4. The van der Waals surface area contributed by atoms with Gasteiger partial charge < -0.3 is 9.47 Å². The lowest BCUT2D eigenvalue weighted by atomic mass is 10.4. The van der Waals surface area contributed by atoms with Crippen LogP contribution in [0, 0.1) is 6.92 Å². The number of nitrogens with one attached hydrogen (secondary N) is 1. The molecule has 0 aromatic carbocycles. The van der Waals surface area contributed by atoms with E-state index < -0.39 is 0 Å². The first-order chi connectivity index (χ1) is 8.13. The van der Waals surface area contributed by atoms with Crippen molar-refractivity contribution in [3.05, 3.63) is 11.6 Å². The third-order valence-electron chi connectivity index (χ3n) is 2.28. The maximum Gasteiger partial charge on any atom is 0.316 e. The van der Waals surface area contributed by atoms with Crippen LogP contribution >= 0.6 is 0 Å². The molecular formula is C11H20N3O3+. The Bertz CT molecular complexity index is 363. The smallest absolute Gasteiger partial charge is 0.316 e. The van der Waals surface area contributed by atoms with E-state index in [0.717, 1.165) is 24.6 Å². The Morgan fingerprint density at radius 1 is 1.41 bits per heavy atom. The maximum atomic E-state index is 10.5. The van der Waals surface area contributed by atoms with Crippen LogP contribution in [0.5, 0.6) is 0 Å². The number of rotatable bonds is 7. The fourth-order valence-corrected chi connectivity index (χ4v) is 1.45. The number of nitrogens with zero attached hydrogens (tertiary/aromatic N) is 2. The Hall–Kier alpha value is -1.43. The van der Waals surface area contributed by atoms with Crippen LogP contribution < -0.4 is 4.68 Å². The van der Waals surface area contributed by atoms with E-state index in [1.165, 1.54) is 6.92 Å². The Kier molecular flexibility index (Phi) is 5.62. The zero-order chi connectivity index (χ0) is 12.7. The Morgan fingerprint density at radius 2 is 2.18 bits per heavy atom. The molecule has 0 aliphatic carbocycles. The molecule has 1 aromatic heterocycles. The summed E-state index contributed by atoms with van der Waals surface area (Å²) in [5.74, 6) is 1.61. The summed E-state index contributed by atoms with van der Waals surface area (Å²) in [5.41, 5.74) is 0. The number of aryl methyl sites for hydroxylation is 2. The van der Waals surface area contributed by atoms with E-state index in [9.17, 15) is 4.79 Å². The molecule has 6 nitrogen and oxygen atoms in total. The Morgan fingerprint density at radius 3 is 2.76 bits per heavy atom. The number of carbonyl (C=O) groups excluding carboxylic acids is 1. The van der Waals surface area contributed by atoms with Gasteiger partial charge in [0.2, 0.25) is 0 Å². The van der Waals surface area contributed by atoms with Crippen LogP contribution in [0.4, 0.5) is 0 Å². The minimum absolute atomic E-state index is 0.278. The molecule has 0 bridgehead atoms. The van der Waals surface area contributed by atoms with E-state index >= 15 is 0 Å². The predicted octanol–water partition coefficient (Wildman–Crippen LogP) is 0.148. The summed E-state index contributed by atoms with van der Waals surface area (Å²) in [6, 6.07) is 0. The summed E-state index contributed by atoms with van der Waals surface area (Å²) < 4.78 is 12.0. The monoisotopic (exact) mass is 242 g/mol. The van der Waals surface area contributed by atoms with Crippen molar-refractivity contribution in [1.82, 2.24) is 10.1 Å². The highest BCUT2D eigenvalue weighted by Crippen LogP contribution is 1.92. The third-order valence-corrected chi connectivity index (χ3v) is 2.28. The van der Waals surface area contributed by atoms with Gasteiger partial charge in [0.1, 0.15) is 13.2 Å². The van der Waals surface area contributed by atoms with Gasteiger partial charge in [-0.05, 0) is 11.9 Å². The van der Waals surface area contributed by atoms with Crippen LogP contribution in [0.2, 0.25) is 0 Å². The maximum absolute atomic E-state index is 10.5. The van der Waals surface area contributed by atoms with Gasteiger partial charge >= 0.3 is 11.8 Å². The fourth-order valence-electron chi connectivity index (χ4n) is 1.45. The van der Waals surface area contributed by atoms with Crippen molar-refractivity contribution in [3.63, 3.8) is 0 Å². The highest BCUT2D eigenvalue weighted by atomic mass is 16.6. The molecule has 0 fully saturated rings. The molecule has 0 aliphatic heterocycles. The lowest BCUT2D eigenvalue weighted by Crippen LogP contribution is -2.37. The first-order valence-electron chi connectivity index (χ1n) is 5.80. The summed E-state index contributed by atoms with van der Waals surface area (Å²) >= 11 is 0. The molecule has 0 saturated heterocycles. The summed E-state index contributed by atoms with van der Waals surface area (Å²) in [5, 5.41) is 3.18. The molecule has 0 spiro atoms. The molecule has 0 aliphatic rings. The molecule has 0 radical (unpaired) electrons. The van der Waals surface area contributed by atoms with Crippen molar-refractivity contribution >= 4 is 5.97 Å². The quantitative estimate of drug-likeness (QED) is 0.420. The normalized spacial score (nSPS) is 10.5. The van der Waals surface area contributed by atoms with Crippen molar-refractivity contribution in [3.8, 4) is 0 Å². The molecule has 0 amide bonds. The van der Waals surface area contributed by atoms with Gasteiger partial charge in [0.15, 0.2) is 0 Å². The third kappa shape index (κ3) is 4.95. The van der Waals surface area contributed by atoms with Crippen molar-refractivity contribution < 1.29 is 19.0 Å². The molecule has 0 atom stereocenters. The van der Waals surface area contributed by atoms with Crippen molar-refractivity contribution in [2.45, 2.75) is 33.7 Å². The number of ether oxygens (including phenoxy) is 2. The topological polar surface area (TPSA) is 68.1 Å². The molecule has 1 N–H and O–H groups in total. The van der Waals surface area contributed by atoms with Crippen molar-refractivity contribution in [1.29, 1.82) is 0 Å². The second-order valence-electron chi connectivity index (χ2n) is 3.66.